The van der Waals surface area contributed by atoms with E-state index in [0.29, 0.717) is 29.0 Å². The number of ketones is 1. The molecule has 1 aromatic carbocycles. The number of thiophene rings is 1. The lowest BCUT2D eigenvalue weighted by molar-refractivity contribution is -0.144. The number of carbonyl (C=O) groups excluding carboxylic acids is 3. The van der Waals surface area contributed by atoms with Gasteiger partial charge in [0.15, 0.2) is 5.78 Å². The fourth-order valence-electron chi connectivity index (χ4n) is 3.64. The van der Waals surface area contributed by atoms with Crippen LogP contribution in [-0.4, -0.2) is 30.8 Å². The molecule has 0 aliphatic heterocycles. The minimum atomic E-state index is -1.28. The first-order valence-electron chi connectivity index (χ1n) is 10.2. The molecule has 8 heteroatoms. The van der Waals surface area contributed by atoms with Gasteiger partial charge in [-0.1, -0.05) is 44.2 Å². The SMILES string of the molecule is CC(C)COC(=O)CCNC(=O)c1c(N)sc2c1CCC(C#N)(c1ccccc1)C2=O. The number of hydrogen-bond donors (Lipinski definition) is 2. The summed E-state index contributed by atoms with van der Waals surface area (Å²) >= 11 is 1.04. The molecule has 1 atom stereocenters. The van der Waals surface area contributed by atoms with Gasteiger partial charge in [0, 0.05) is 6.54 Å². The van der Waals surface area contributed by atoms with Gasteiger partial charge >= 0.3 is 5.97 Å². The van der Waals surface area contributed by atoms with E-state index in [1.165, 1.54) is 0 Å². The van der Waals surface area contributed by atoms with Crippen LogP contribution in [0, 0.1) is 17.2 Å². The molecular formula is C23H25N3O4S. The summed E-state index contributed by atoms with van der Waals surface area (Å²) in [6, 6.07) is 11.2. The smallest absolute Gasteiger partial charge is 0.307 e. The molecule has 0 spiro atoms. The van der Waals surface area contributed by atoms with E-state index in [1.807, 2.05) is 19.9 Å². The van der Waals surface area contributed by atoms with Crippen molar-refractivity contribution in [1.82, 2.24) is 5.32 Å². The van der Waals surface area contributed by atoms with Gasteiger partial charge in [0.1, 0.15) is 5.41 Å². The zero-order chi connectivity index (χ0) is 22.6. The quantitative estimate of drug-likeness (QED) is 0.639. The Morgan fingerprint density at radius 3 is 2.68 bits per heavy atom. The summed E-state index contributed by atoms with van der Waals surface area (Å²) < 4.78 is 5.09. The van der Waals surface area contributed by atoms with Gasteiger partial charge in [-0.2, -0.15) is 5.26 Å². The molecule has 1 amide bonds. The zero-order valence-corrected chi connectivity index (χ0v) is 18.4. The van der Waals surface area contributed by atoms with Gasteiger partial charge in [0.2, 0.25) is 0 Å². The van der Waals surface area contributed by atoms with E-state index in [4.69, 9.17) is 10.5 Å². The highest BCUT2D eigenvalue weighted by Crippen LogP contribution is 2.44. The molecule has 0 bridgehead atoms. The van der Waals surface area contributed by atoms with Gasteiger partial charge in [-0.15, -0.1) is 11.3 Å². The molecule has 0 saturated carbocycles. The number of nitrogens with zero attached hydrogens (tertiary/aromatic N) is 1. The predicted molar refractivity (Wildman–Crippen MR) is 118 cm³/mol. The number of hydrogen-bond acceptors (Lipinski definition) is 7. The Morgan fingerprint density at radius 2 is 2.03 bits per heavy atom. The van der Waals surface area contributed by atoms with Crippen LogP contribution in [0.1, 0.15) is 57.8 Å². The number of benzene rings is 1. The van der Waals surface area contributed by atoms with Gasteiger partial charge in [-0.05, 0) is 29.9 Å². The molecule has 0 fully saturated rings. The van der Waals surface area contributed by atoms with E-state index in [9.17, 15) is 19.6 Å². The van der Waals surface area contributed by atoms with Crippen molar-refractivity contribution in [2.45, 2.75) is 38.5 Å². The highest BCUT2D eigenvalue weighted by atomic mass is 32.1. The van der Waals surface area contributed by atoms with Gasteiger partial charge in [0.05, 0.1) is 34.5 Å². The lowest BCUT2D eigenvalue weighted by Crippen LogP contribution is -2.39. The first-order chi connectivity index (χ1) is 14.8. The molecule has 3 N–H and O–H groups in total. The van der Waals surface area contributed by atoms with Crippen molar-refractivity contribution in [2.24, 2.45) is 5.92 Å². The summed E-state index contributed by atoms with van der Waals surface area (Å²) in [5.41, 5.74) is 6.31. The second kappa shape index (κ2) is 9.31. The maximum absolute atomic E-state index is 13.3. The number of nitrogens with two attached hydrogens (primary N) is 1. The molecule has 7 nitrogen and oxygen atoms in total. The Hall–Kier alpha value is -3.18. The predicted octanol–water partition coefficient (Wildman–Crippen LogP) is 3.24. The van der Waals surface area contributed by atoms with E-state index < -0.39 is 11.3 Å². The number of nitrogen functional groups attached to an aromatic ring is 1. The van der Waals surface area contributed by atoms with Crippen molar-refractivity contribution in [1.29, 1.82) is 5.26 Å². The lowest BCUT2D eigenvalue weighted by Gasteiger charge is -2.29. The molecule has 1 aromatic heterocycles. The first-order valence-corrected chi connectivity index (χ1v) is 11.0. The van der Waals surface area contributed by atoms with Crippen molar-refractivity contribution in [3.05, 3.63) is 51.9 Å². The number of fused-ring (bicyclic) bond motifs is 1. The molecule has 162 valence electrons. The standard InChI is InChI=1S/C23H25N3O4S/c1-14(2)12-30-17(27)9-11-26-22(29)18-16-8-10-23(13-24,15-6-4-3-5-7-15)20(28)19(16)31-21(18)25/h3-7,14H,8-12,25H2,1-2H3,(H,26,29). The fourth-order valence-corrected chi connectivity index (χ4v) is 4.78. The van der Waals surface area contributed by atoms with Crippen molar-refractivity contribution >= 4 is 34.0 Å². The van der Waals surface area contributed by atoms with E-state index in [1.54, 1.807) is 24.3 Å². The van der Waals surface area contributed by atoms with E-state index in [0.717, 1.165) is 11.3 Å². The Labute approximate surface area is 185 Å². The van der Waals surface area contributed by atoms with Crippen LogP contribution in [0.15, 0.2) is 30.3 Å². The van der Waals surface area contributed by atoms with Crippen LogP contribution < -0.4 is 11.1 Å². The number of anilines is 1. The largest absolute Gasteiger partial charge is 0.465 e. The van der Waals surface area contributed by atoms with Crippen LogP contribution in [0.25, 0.3) is 0 Å². The van der Waals surface area contributed by atoms with Gasteiger partial charge in [-0.25, -0.2) is 0 Å². The van der Waals surface area contributed by atoms with Crippen LogP contribution in [0.2, 0.25) is 0 Å². The Balaban J connectivity index is 1.76. The Kier molecular flexibility index (Phi) is 6.76. The van der Waals surface area contributed by atoms with Crippen LogP contribution in [0.3, 0.4) is 0 Å². The Bertz CT molecular complexity index is 1040. The number of esters is 1. The van der Waals surface area contributed by atoms with Crippen molar-refractivity contribution in [3.63, 3.8) is 0 Å². The molecule has 2 aromatic rings. The molecule has 1 heterocycles. The third-order valence-corrected chi connectivity index (χ3v) is 6.31. The van der Waals surface area contributed by atoms with Crippen molar-refractivity contribution < 1.29 is 19.1 Å². The number of Topliss-reactive ketones (excluding diaryl/α,β-unsaturated/α-hetero) is 1. The van der Waals surface area contributed by atoms with Gasteiger partial charge in [-0.3, -0.25) is 14.4 Å². The number of rotatable bonds is 7. The molecule has 1 aliphatic rings. The molecule has 31 heavy (non-hydrogen) atoms. The summed E-state index contributed by atoms with van der Waals surface area (Å²) in [6.45, 7) is 4.33. The first kappa shape index (κ1) is 22.5. The minimum absolute atomic E-state index is 0.0508. The van der Waals surface area contributed by atoms with E-state index in [2.05, 4.69) is 11.4 Å². The summed E-state index contributed by atoms with van der Waals surface area (Å²) in [4.78, 5) is 38.2. The molecule has 0 saturated heterocycles. The molecule has 1 unspecified atom stereocenters. The molecular weight excluding hydrogens is 414 g/mol. The number of nitriles is 1. The molecule has 3 rings (SSSR count). The van der Waals surface area contributed by atoms with Gasteiger partial charge in [0.25, 0.3) is 5.91 Å². The lowest BCUT2D eigenvalue weighted by atomic mass is 9.69. The highest BCUT2D eigenvalue weighted by Gasteiger charge is 2.47. The maximum Gasteiger partial charge on any atom is 0.307 e. The number of carbonyl (C=O) groups is 3. The third-order valence-electron chi connectivity index (χ3n) is 5.25. The fraction of sp³-hybridized carbons (Fsp3) is 0.391. The van der Waals surface area contributed by atoms with Crippen LogP contribution in [-0.2, 0) is 21.4 Å². The Morgan fingerprint density at radius 1 is 1.32 bits per heavy atom. The van der Waals surface area contributed by atoms with Crippen LogP contribution in [0.4, 0.5) is 5.00 Å². The number of nitrogens with one attached hydrogen (secondary N) is 1. The normalized spacial score (nSPS) is 17.7. The van der Waals surface area contributed by atoms with Crippen LogP contribution >= 0.6 is 11.3 Å². The minimum Gasteiger partial charge on any atom is -0.465 e. The average molecular weight is 440 g/mol. The van der Waals surface area contributed by atoms with E-state index >= 15 is 0 Å². The zero-order valence-electron chi connectivity index (χ0n) is 17.6. The molecule has 1 aliphatic carbocycles. The van der Waals surface area contributed by atoms with Gasteiger partial charge < -0.3 is 15.8 Å². The molecule has 0 radical (unpaired) electrons. The van der Waals surface area contributed by atoms with Crippen molar-refractivity contribution in [2.75, 3.05) is 18.9 Å². The number of amides is 1. The summed E-state index contributed by atoms with van der Waals surface area (Å²) in [6.07, 6.45) is 0.711. The maximum atomic E-state index is 13.3. The third kappa shape index (κ3) is 4.47. The number of ether oxygens (including phenoxy) is 1. The summed E-state index contributed by atoms with van der Waals surface area (Å²) in [5, 5.41) is 12.8. The van der Waals surface area contributed by atoms with Crippen LogP contribution in [0.5, 0.6) is 0 Å². The second-order valence-corrected chi connectivity index (χ2v) is 9.00. The van der Waals surface area contributed by atoms with Crippen molar-refractivity contribution in [3.8, 4) is 6.07 Å². The monoisotopic (exact) mass is 439 g/mol. The summed E-state index contributed by atoms with van der Waals surface area (Å²) in [7, 11) is 0. The second-order valence-electron chi connectivity index (χ2n) is 7.94. The topological polar surface area (TPSA) is 122 Å². The highest BCUT2D eigenvalue weighted by molar-refractivity contribution is 7.18. The average Bonchev–Trinajstić information content (AvgIpc) is 3.10. The van der Waals surface area contributed by atoms with E-state index in [-0.39, 0.29) is 47.6 Å². The summed E-state index contributed by atoms with van der Waals surface area (Å²) in [5.74, 6) is -0.894.